The maximum atomic E-state index is 2.23. The van der Waals surface area contributed by atoms with E-state index in [1.807, 2.05) is 0 Å². The Hall–Kier alpha value is -0.780. The van der Waals surface area contributed by atoms with Crippen LogP contribution in [-0.2, 0) is 0 Å². The van der Waals surface area contributed by atoms with Crippen LogP contribution in [0.15, 0.2) is 36.0 Å². The van der Waals surface area contributed by atoms with Crippen molar-refractivity contribution < 1.29 is 0 Å². The van der Waals surface area contributed by atoms with Crippen molar-refractivity contribution in [1.29, 1.82) is 0 Å². The van der Waals surface area contributed by atoms with Crippen LogP contribution < -0.4 is 0 Å². The summed E-state index contributed by atoms with van der Waals surface area (Å²) in [6, 6.07) is 0. The molecule has 0 aliphatic heterocycles. The summed E-state index contributed by atoms with van der Waals surface area (Å²) < 4.78 is 0. The summed E-state index contributed by atoms with van der Waals surface area (Å²) in [5.74, 6) is 0.597. The number of rotatable bonds is 1. The normalized spacial score (nSPS) is 24.2. The molecule has 0 radical (unpaired) electrons. The van der Waals surface area contributed by atoms with Gasteiger partial charge in [-0.15, -0.1) is 0 Å². The molecular formula is C10H14. The SMILES string of the molecule is CCC1=CC=CC(C)C=C1. The van der Waals surface area contributed by atoms with E-state index >= 15 is 0 Å². The van der Waals surface area contributed by atoms with Gasteiger partial charge in [-0.3, -0.25) is 0 Å². The Bertz CT molecular complexity index is 182. The zero-order valence-electron chi connectivity index (χ0n) is 6.67. The molecule has 0 heterocycles. The zero-order valence-corrected chi connectivity index (χ0v) is 6.67. The fourth-order valence-electron chi connectivity index (χ4n) is 0.985. The number of allylic oxidation sites excluding steroid dienone is 6. The summed E-state index contributed by atoms with van der Waals surface area (Å²) in [7, 11) is 0. The van der Waals surface area contributed by atoms with Gasteiger partial charge in [-0.05, 0) is 17.9 Å². The third-order valence-electron chi connectivity index (χ3n) is 1.75. The van der Waals surface area contributed by atoms with Crippen molar-refractivity contribution in [3.05, 3.63) is 36.0 Å². The van der Waals surface area contributed by atoms with E-state index < -0.39 is 0 Å². The van der Waals surface area contributed by atoms with E-state index in [0.717, 1.165) is 6.42 Å². The quantitative estimate of drug-likeness (QED) is 0.517. The minimum Gasteiger partial charge on any atom is -0.0779 e. The molecule has 0 nitrogen and oxygen atoms in total. The minimum absolute atomic E-state index is 0.597. The van der Waals surface area contributed by atoms with Gasteiger partial charge in [0, 0.05) is 0 Å². The molecule has 0 aromatic rings. The van der Waals surface area contributed by atoms with Gasteiger partial charge >= 0.3 is 0 Å². The summed E-state index contributed by atoms with van der Waals surface area (Å²) >= 11 is 0. The standard InChI is InChI=1S/C10H14/c1-3-10-6-4-5-9(2)7-8-10/h4-9H,3H2,1-2H3. The van der Waals surface area contributed by atoms with Crippen LogP contribution >= 0.6 is 0 Å². The Balaban J connectivity index is 2.71. The Labute approximate surface area is 62.9 Å². The molecule has 1 aliphatic rings. The highest BCUT2D eigenvalue weighted by Gasteiger charge is 1.93. The van der Waals surface area contributed by atoms with Gasteiger partial charge in [0.15, 0.2) is 0 Å². The summed E-state index contributed by atoms with van der Waals surface area (Å²) in [4.78, 5) is 0. The van der Waals surface area contributed by atoms with Crippen molar-refractivity contribution in [3.8, 4) is 0 Å². The molecule has 0 bridgehead atoms. The Morgan fingerprint density at radius 1 is 1.40 bits per heavy atom. The predicted octanol–water partition coefficient (Wildman–Crippen LogP) is 3.08. The molecule has 0 saturated heterocycles. The fourth-order valence-corrected chi connectivity index (χ4v) is 0.985. The van der Waals surface area contributed by atoms with E-state index in [1.165, 1.54) is 5.57 Å². The minimum atomic E-state index is 0.597. The van der Waals surface area contributed by atoms with Gasteiger partial charge in [-0.1, -0.05) is 44.2 Å². The van der Waals surface area contributed by atoms with E-state index in [4.69, 9.17) is 0 Å². The highest BCUT2D eigenvalue weighted by molar-refractivity contribution is 5.27. The van der Waals surface area contributed by atoms with Crippen LogP contribution in [0.25, 0.3) is 0 Å². The first kappa shape index (κ1) is 7.33. The van der Waals surface area contributed by atoms with Gasteiger partial charge < -0.3 is 0 Å². The van der Waals surface area contributed by atoms with Crippen LogP contribution in [-0.4, -0.2) is 0 Å². The first-order valence-electron chi connectivity index (χ1n) is 3.88. The van der Waals surface area contributed by atoms with E-state index in [9.17, 15) is 0 Å². The second kappa shape index (κ2) is 3.40. The fraction of sp³-hybridized carbons (Fsp3) is 0.400. The van der Waals surface area contributed by atoms with Crippen molar-refractivity contribution in [1.82, 2.24) is 0 Å². The maximum Gasteiger partial charge on any atom is -0.00755 e. The van der Waals surface area contributed by atoms with Crippen LogP contribution in [0, 0.1) is 5.92 Å². The van der Waals surface area contributed by atoms with Crippen molar-refractivity contribution in [3.63, 3.8) is 0 Å². The van der Waals surface area contributed by atoms with E-state index in [0.29, 0.717) is 5.92 Å². The summed E-state index contributed by atoms with van der Waals surface area (Å²) in [5.41, 5.74) is 1.42. The highest BCUT2D eigenvalue weighted by Crippen LogP contribution is 2.11. The van der Waals surface area contributed by atoms with Crippen LogP contribution in [0.2, 0.25) is 0 Å². The van der Waals surface area contributed by atoms with Crippen LogP contribution in [0.1, 0.15) is 20.3 Å². The molecule has 1 atom stereocenters. The molecule has 0 aromatic carbocycles. The molecule has 0 aromatic heterocycles. The molecule has 54 valence electrons. The van der Waals surface area contributed by atoms with E-state index in [2.05, 4.69) is 44.2 Å². The highest BCUT2D eigenvalue weighted by atomic mass is 14.0. The lowest BCUT2D eigenvalue weighted by Gasteiger charge is -1.93. The number of hydrogen-bond acceptors (Lipinski definition) is 0. The molecule has 0 amide bonds. The third kappa shape index (κ3) is 1.87. The average molecular weight is 134 g/mol. The predicted molar refractivity (Wildman–Crippen MR) is 45.8 cm³/mol. The molecule has 0 spiro atoms. The van der Waals surface area contributed by atoms with Crippen molar-refractivity contribution in [2.75, 3.05) is 0 Å². The number of hydrogen-bond donors (Lipinski definition) is 0. The molecule has 0 N–H and O–H groups in total. The summed E-state index contributed by atoms with van der Waals surface area (Å²) in [6.07, 6.45) is 12.1. The topological polar surface area (TPSA) is 0 Å². The van der Waals surface area contributed by atoms with Gasteiger partial charge in [0.2, 0.25) is 0 Å². The molecular weight excluding hydrogens is 120 g/mol. The van der Waals surface area contributed by atoms with E-state index in [1.54, 1.807) is 0 Å². The van der Waals surface area contributed by atoms with Gasteiger partial charge in [-0.25, -0.2) is 0 Å². The van der Waals surface area contributed by atoms with Gasteiger partial charge in [-0.2, -0.15) is 0 Å². The Morgan fingerprint density at radius 3 is 2.90 bits per heavy atom. The van der Waals surface area contributed by atoms with Gasteiger partial charge in [0.05, 0.1) is 0 Å². The third-order valence-corrected chi connectivity index (χ3v) is 1.75. The first-order chi connectivity index (χ1) is 4.83. The molecule has 10 heavy (non-hydrogen) atoms. The average Bonchev–Trinajstić information content (AvgIpc) is 2.14. The van der Waals surface area contributed by atoms with Crippen molar-refractivity contribution in [2.24, 2.45) is 5.92 Å². The van der Waals surface area contributed by atoms with E-state index in [-0.39, 0.29) is 0 Å². The first-order valence-corrected chi connectivity index (χ1v) is 3.88. The van der Waals surface area contributed by atoms with Crippen molar-refractivity contribution in [2.45, 2.75) is 20.3 Å². The second-order valence-electron chi connectivity index (χ2n) is 2.70. The zero-order chi connectivity index (χ0) is 7.40. The molecule has 1 aliphatic carbocycles. The Morgan fingerprint density at radius 2 is 2.20 bits per heavy atom. The van der Waals surface area contributed by atoms with Gasteiger partial charge in [0.25, 0.3) is 0 Å². The molecule has 0 fully saturated rings. The maximum absolute atomic E-state index is 2.23. The second-order valence-corrected chi connectivity index (χ2v) is 2.70. The summed E-state index contributed by atoms with van der Waals surface area (Å²) in [6.45, 7) is 4.37. The molecule has 1 rings (SSSR count). The Kier molecular flexibility index (Phi) is 2.49. The van der Waals surface area contributed by atoms with Crippen LogP contribution in [0.3, 0.4) is 0 Å². The summed E-state index contributed by atoms with van der Waals surface area (Å²) in [5, 5.41) is 0. The monoisotopic (exact) mass is 134 g/mol. The molecule has 0 heteroatoms. The van der Waals surface area contributed by atoms with Crippen LogP contribution in [0.5, 0.6) is 0 Å². The lowest BCUT2D eigenvalue weighted by atomic mass is 10.1. The van der Waals surface area contributed by atoms with Gasteiger partial charge in [0.1, 0.15) is 0 Å². The van der Waals surface area contributed by atoms with Crippen LogP contribution in [0.4, 0.5) is 0 Å². The smallest absolute Gasteiger partial charge is 0.00755 e. The largest absolute Gasteiger partial charge is 0.0779 e. The van der Waals surface area contributed by atoms with Crippen molar-refractivity contribution >= 4 is 0 Å². The molecule has 1 unspecified atom stereocenters. The lowest BCUT2D eigenvalue weighted by Crippen LogP contribution is -1.78. The lowest BCUT2D eigenvalue weighted by molar-refractivity contribution is 0.940. The molecule has 0 saturated carbocycles.